The summed E-state index contributed by atoms with van der Waals surface area (Å²) >= 11 is 1.29. The van der Waals surface area contributed by atoms with Gasteiger partial charge in [0.1, 0.15) is 0 Å². The molecule has 1 aromatic carbocycles. The second kappa shape index (κ2) is 7.57. The standard InChI is InChI=1S/C18H18N4O3S/c1-11(23)13-6-4-7-14(10-13)19-17(24)12(2)26-18-21-20-16(22(18)3)15-8-5-9-25-15/h4-10,12H,1-3H3,(H,19,24)/t12-/m0/s1. The van der Waals surface area contributed by atoms with Crippen molar-refractivity contribution in [3.8, 4) is 11.6 Å². The number of carbonyl (C=O) groups is 2. The molecule has 0 fully saturated rings. The number of benzene rings is 1. The van der Waals surface area contributed by atoms with Crippen molar-refractivity contribution in [2.24, 2.45) is 7.05 Å². The number of rotatable bonds is 6. The molecule has 0 saturated heterocycles. The molecule has 2 aromatic heterocycles. The van der Waals surface area contributed by atoms with E-state index in [2.05, 4.69) is 15.5 Å². The number of hydrogen-bond acceptors (Lipinski definition) is 6. The highest BCUT2D eigenvalue weighted by molar-refractivity contribution is 8.00. The highest BCUT2D eigenvalue weighted by Crippen LogP contribution is 2.26. The highest BCUT2D eigenvalue weighted by atomic mass is 32.2. The van der Waals surface area contributed by atoms with E-state index in [1.165, 1.54) is 18.7 Å². The van der Waals surface area contributed by atoms with Crippen molar-refractivity contribution in [2.75, 3.05) is 5.32 Å². The maximum atomic E-state index is 12.5. The van der Waals surface area contributed by atoms with Crippen LogP contribution in [0.2, 0.25) is 0 Å². The van der Waals surface area contributed by atoms with Gasteiger partial charge in [0.25, 0.3) is 0 Å². The van der Waals surface area contributed by atoms with Crippen molar-refractivity contribution in [1.29, 1.82) is 0 Å². The summed E-state index contributed by atoms with van der Waals surface area (Å²) in [6.45, 7) is 3.28. The lowest BCUT2D eigenvalue weighted by Crippen LogP contribution is -2.23. The second-order valence-corrected chi connectivity index (χ2v) is 7.04. The van der Waals surface area contributed by atoms with Crippen LogP contribution >= 0.6 is 11.8 Å². The summed E-state index contributed by atoms with van der Waals surface area (Å²) in [6, 6.07) is 10.4. The molecule has 0 aliphatic carbocycles. The van der Waals surface area contributed by atoms with Gasteiger partial charge in [-0.2, -0.15) is 0 Å². The number of carbonyl (C=O) groups excluding carboxylic acids is 2. The van der Waals surface area contributed by atoms with Crippen LogP contribution in [0.15, 0.2) is 52.2 Å². The van der Waals surface area contributed by atoms with Crippen molar-refractivity contribution in [3.63, 3.8) is 0 Å². The zero-order valence-corrected chi connectivity index (χ0v) is 15.4. The molecule has 0 aliphatic rings. The summed E-state index contributed by atoms with van der Waals surface area (Å²) in [5.41, 5.74) is 1.14. The van der Waals surface area contributed by atoms with E-state index >= 15 is 0 Å². The van der Waals surface area contributed by atoms with Crippen molar-refractivity contribution in [3.05, 3.63) is 48.2 Å². The Balaban J connectivity index is 1.68. The number of aromatic nitrogens is 3. The summed E-state index contributed by atoms with van der Waals surface area (Å²) in [6.07, 6.45) is 1.57. The Morgan fingerprint density at radius 3 is 2.73 bits per heavy atom. The molecule has 0 aliphatic heterocycles. The van der Waals surface area contributed by atoms with Gasteiger partial charge in [-0.05, 0) is 38.1 Å². The first-order valence-electron chi connectivity index (χ1n) is 7.97. The van der Waals surface area contributed by atoms with Crippen LogP contribution in [-0.2, 0) is 11.8 Å². The van der Waals surface area contributed by atoms with Gasteiger partial charge in [0.05, 0.1) is 11.5 Å². The molecule has 26 heavy (non-hydrogen) atoms. The van der Waals surface area contributed by atoms with Crippen LogP contribution in [0.4, 0.5) is 5.69 Å². The topological polar surface area (TPSA) is 90.0 Å². The molecule has 134 valence electrons. The zero-order chi connectivity index (χ0) is 18.7. The molecule has 1 N–H and O–H groups in total. The molecule has 3 aromatic rings. The summed E-state index contributed by atoms with van der Waals surface area (Å²) in [7, 11) is 1.82. The molecule has 8 heteroatoms. The van der Waals surface area contributed by atoms with Gasteiger partial charge in [0, 0.05) is 18.3 Å². The van der Waals surface area contributed by atoms with Crippen LogP contribution < -0.4 is 5.32 Å². The van der Waals surface area contributed by atoms with Gasteiger partial charge in [0.2, 0.25) is 5.91 Å². The fourth-order valence-corrected chi connectivity index (χ4v) is 3.12. The van der Waals surface area contributed by atoms with Gasteiger partial charge in [0.15, 0.2) is 22.5 Å². The van der Waals surface area contributed by atoms with Crippen LogP contribution in [0.5, 0.6) is 0 Å². The summed E-state index contributed by atoms with van der Waals surface area (Å²) in [5, 5.41) is 11.3. The molecule has 7 nitrogen and oxygen atoms in total. The van der Waals surface area contributed by atoms with E-state index in [4.69, 9.17) is 4.42 Å². The number of ketones is 1. The van der Waals surface area contributed by atoms with Gasteiger partial charge in [-0.3, -0.25) is 9.59 Å². The molecule has 0 spiro atoms. The van der Waals surface area contributed by atoms with Crippen LogP contribution in [0.1, 0.15) is 24.2 Å². The lowest BCUT2D eigenvalue weighted by molar-refractivity contribution is -0.115. The number of furan rings is 1. The molecule has 1 atom stereocenters. The van der Waals surface area contributed by atoms with Gasteiger partial charge in [-0.25, -0.2) is 0 Å². The van der Waals surface area contributed by atoms with E-state index in [1.807, 2.05) is 7.05 Å². The Kier molecular flexibility index (Phi) is 5.22. The van der Waals surface area contributed by atoms with Crippen molar-refractivity contribution in [1.82, 2.24) is 14.8 Å². The van der Waals surface area contributed by atoms with E-state index in [0.717, 1.165) is 0 Å². The number of nitrogens with zero attached hydrogens (tertiary/aromatic N) is 3. The molecular weight excluding hydrogens is 352 g/mol. The number of anilines is 1. The molecule has 0 bridgehead atoms. The minimum absolute atomic E-state index is 0.0481. The number of hydrogen-bond donors (Lipinski definition) is 1. The average molecular weight is 370 g/mol. The Bertz CT molecular complexity index is 934. The monoisotopic (exact) mass is 370 g/mol. The third-order valence-corrected chi connectivity index (χ3v) is 4.90. The maximum Gasteiger partial charge on any atom is 0.237 e. The quantitative estimate of drug-likeness (QED) is 0.528. The van der Waals surface area contributed by atoms with Crippen LogP contribution in [0.25, 0.3) is 11.6 Å². The van der Waals surface area contributed by atoms with Gasteiger partial charge in [-0.1, -0.05) is 23.9 Å². The van der Waals surface area contributed by atoms with Gasteiger partial charge >= 0.3 is 0 Å². The van der Waals surface area contributed by atoms with E-state index in [9.17, 15) is 9.59 Å². The predicted octanol–water partition coefficient (Wildman–Crippen LogP) is 3.40. The number of nitrogens with one attached hydrogen (secondary N) is 1. The van der Waals surface area contributed by atoms with Crippen molar-refractivity contribution >= 4 is 29.1 Å². The number of Topliss-reactive ketones (excluding diaryl/α,β-unsaturated/α-hetero) is 1. The van der Waals surface area contributed by atoms with Gasteiger partial charge < -0.3 is 14.3 Å². The molecule has 3 rings (SSSR count). The van der Waals surface area contributed by atoms with E-state index in [-0.39, 0.29) is 11.7 Å². The van der Waals surface area contributed by atoms with Crippen molar-refractivity contribution in [2.45, 2.75) is 24.3 Å². The minimum Gasteiger partial charge on any atom is -0.461 e. The summed E-state index contributed by atoms with van der Waals surface area (Å²) in [5.74, 6) is 0.982. The molecule has 1 amide bonds. The Labute approximate surface area is 154 Å². The average Bonchev–Trinajstić information content (AvgIpc) is 3.25. The minimum atomic E-state index is -0.400. The second-order valence-electron chi connectivity index (χ2n) is 5.73. The molecule has 0 unspecified atom stereocenters. The first-order valence-corrected chi connectivity index (χ1v) is 8.85. The largest absolute Gasteiger partial charge is 0.461 e. The van der Waals surface area contributed by atoms with E-state index in [1.54, 1.807) is 54.2 Å². The zero-order valence-electron chi connectivity index (χ0n) is 14.6. The summed E-state index contributed by atoms with van der Waals surface area (Å²) < 4.78 is 7.12. The number of amides is 1. The molecule has 2 heterocycles. The first kappa shape index (κ1) is 17.9. The first-order chi connectivity index (χ1) is 12.5. The fraction of sp³-hybridized carbons (Fsp3) is 0.222. The predicted molar refractivity (Wildman–Crippen MR) is 99.1 cm³/mol. The number of thioether (sulfide) groups is 1. The van der Waals surface area contributed by atoms with E-state index in [0.29, 0.717) is 28.0 Å². The smallest absolute Gasteiger partial charge is 0.237 e. The highest BCUT2D eigenvalue weighted by Gasteiger charge is 2.20. The lowest BCUT2D eigenvalue weighted by atomic mass is 10.1. The molecule has 0 saturated carbocycles. The summed E-state index contributed by atoms with van der Waals surface area (Å²) in [4.78, 5) is 23.9. The van der Waals surface area contributed by atoms with Crippen molar-refractivity contribution < 1.29 is 14.0 Å². The normalized spacial score (nSPS) is 12.0. The SMILES string of the molecule is CC(=O)c1cccc(NC(=O)[C@H](C)Sc2nnc(-c3ccco3)n2C)c1. The Morgan fingerprint density at radius 2 is 2.04 bits per heavy atom. The third-order valence-electron chi connectivity index (χ3n) is 3.76. The van der Waals surface area contributed by atoms with Crippen LogP contribution in [-0.4, -0.2) is 31.7 Å². The molecular formula is C18H18N4O3S. The Hall–Kier alpha value is -2.87. The maximum absolute atomic E-state index is 12.5. The lowest BCUT2D eigenvalue weighted by Gasteiger charge is -2.12. The molecule has 0 radical (unpaired) electrons. The van der Waals surface area contributed by atoms with Crippen LogP contribution in [0.3, 0.4) is 0 Å². The third kappa shape index (κ3) is 3.85. The Morgan fingerprint density at radius 1 is 1.23 bits per heavy atom. The van der Waals surface area contributed by atoms with Gasteiger partial charge in [-0.15, -0.1) is 10.2 Å². The van der Waals surface area contributed by atoms with Crippen LogP contribution in [0, 0.1) is 0 Å². The fourth-order valence-electron chi connectivity index (χ4n) is 2.31. The van der Waals surface area contributed by atoms with E-state index < -0.39 is 5.25 Å².